The average molecular weight is 266 g/mol. The molecule has 106 valence electrons. The van der Waals surface area contributed by atoms with E-state index < -0.39 is 0 Å². The Morgan fingerprint density at radius 2 is 2.11 bits per heavy atom. The molecule has 0 radical (unpaired) electrons. The molecule has 1 aliphatic rings. The van der Waals surface area contributed by atoms with E-state index in [4.69, 9.17) is 20.3 Å². The second-order valence-electron chi connectivity index (χ2n) is 5.53. The van der Waals surface area contributed by atoms with Crippen molar-refractivity contribution in [3.63, 3.8) is 0 Å². The van der Waals surface area contributed by atoms with Crippen LogP contribution in [0.3, 0.4) is 0 Å². The van der Waals surface area contributed by atoms with E-state index in [1.54, 1.807) is 0 Å². The van der Waals surface area contributed by atoms with Gasteiger partial charge in [0.1, 0.15) is 0 Å². The molecule has 1 aliphatic heterocycles. The monoisotopic (exact) mass is 266 g/mol. The minimum atomic E-state index is -0.215. The van der Waals surface area contributed by atoms with Gasteiger partial charge in [0.05, 0.1) is 6.61 Å². The lowest BCUT2D eigenvalue weighted by atomic mass is 9.84. The van der Waals surface area contributed by atoms with Crippen LogP contribution in [0.2, 0.25) is 0 Å². The maximum absolute atomic E-state index is 8.89. The smallest absolute Gasteiger partial charge is 0.231 e. The summed E-state index contributed by atoms with van der Waals surface area (Å²) in [6.07, 6.45) is 0. The topological polar surface area (TPSA) is 76.7 Å². The predicted octanol–water partition coefficient (Wildman–Crippen LogP) is 0.602. The SMILES string of the molecule is CC(C)(CNCC(N)CO)c1ccc2c(c1)OCO2. The van der Waals surface area contributed by atoms with Crippen molar-refractivity contribution in [3.05, 3.63) is 23.8 Å². The Balaban J connectivity index is 1.98. The third-order valence-electron chi connectivity index (χ3n) is 3.36. The van der Waals surface area contributed by atoms with Gasteiger partial charge in [0.2, 0.25) is 6.79 Å². The van der Waals surface area contributed by atoms with Crippen LogP contribution in [-0.4, -0.2) is 37.6 Å². The van der Waals surface area contributed by atoms with Crippen LogP contribution < -0.4 is 20.5 Å². The molecule has 5 heteroatoms. The first-order chi connectivity index (χ1) is 9.03. The Hall–Kier alpha value is -1.30. The minimum Gasteiger partial charge on any atom is -0.454 e. The van der Waals surface area contributed by atoms with Crippen molar-refractivity contribution < 1.29 is 14.6 Å². The lowest BCUT2D eigenvalue weighted by molar-refractivity contribution is 0.174. The van der Waals surface area contributed by atoms with Gasteiger partial charge in [-0.15, -0.1) is 0 Å². The molecule has 0 saturated carbocycles. The molecule has 1 heterocycles. The second-order valence-corrected chi connectivity index (χ2v) is 5.53. The van der Waals surface area contributed by atoms with Gasteiger partial charge in [-0.2, -0.15) is 0 Å². The fraction of sp³-hybridized carbons (Fsp3) is 0.571. The minimum absolute atomic E-state index is 0.00253. The molecule has 0 aliphatic carbocycles. The number of hydrogen-bond acceptors (Lipinski definition) is 5. The van der Waals surface area contributed by atoms with Crippen LogP contribution in [0.1, 0.15) is 19.4 Å². The molecule has 0 bridgehead atoms. The van der Waals surface area contributed by atoms with Gasteiger partial charge in [0.25, 0.3) is 0 Å². The third-order valence-corrected chi connectivity index (χ3v) is 3.36. The lowest BCUT2D eigenvalue weighted by Crippen LogP contribution is -2.41. The van der Waals surface area contributed by atoms with Crippen LogP contribution >= 0.6 is 0 Å². The summed E-state index contributed by atoms with van der Waals surface area (Å²) in [5.74, 6) is 1.60. The molecular formula is C14H22N2O3. The van der Waals surface area contributed by atoms with Crippen LogP contribution in [0.4, 0.5) is 0 Å². The molecule has 5 nitrogen and oxygen atoms in total. The van der Waals surface area contributed by atoms with E-state index in [-0.39, 0.29) is 18.1 Å². The number of rotatable bonds is 6. The van der Waals surface area contributed by atoms with E-state index in [1.165, 1.54) is 5.56 Å². The van der Waals surface area contributed by atoms with Crippen molar-refractivity contribution in [2.75, 3.05) is 26.5 Å². The fourth-order valence-corrected chi connectivity index (χ4v) is 2.05. The first-order valence-corrected chi connectivity index (χ1v) is 6.50. The number of aliphatic hydroxyl groups excluding tert-OH is 1. The van der Waals surface area contributed by atoms with E-state index in [2.05, 4.69) is 25.2 Å². The highest BCUT2D eigenvalue weighted by atomic mass is 16.7. The van der Waals surface area contributed by atoms with Crippen molar-refractivity contribution in [2.45, 2.75) is 25.3 Å². The van der Waals surface area contributed by atoms with Gasteiger partial charge < -0.3 is 25.6 Å². The second kappa shape index (κ2) is 5.77. The molecule has 0 fully saturated rings. The summed E-state index contributed by atoms with van der Waals surface area (Å²) in [6, 6.07) is 5.81. The number of nitrogens with one attached hydrogen (secondary N) is 1. The van der Waals surface area contributed by atoms with Gasteiger partial charge in [0.15, 0.2) is 11.5 Å². The van der Waals surface area contributed by atoms with Gasteiger partial charge in [-0.1, -0.05) is 19.9 Å². The third kappa shape index (κ3) is 3.37. The highest BCUT2D eigenvalue weighted by molar-refractivity contribution is 5.46. The van der Waals surface area contributed by atoms with Crippen LogP contribution in [-0.2, 0) is 5.41 Å². The zero-order valence-electron chi connectivity index (χ0n) is 11.5. The van der Waals surface area contributed by atoms with Crippen LogP contribution in [0.15, 0.2) is 18.2 Å². The Morgan fingerprint density at radius 1 is 1.37 bits per heavy atom. The molecule has 0 amide bonds. The number of benzene rings is 1. The molecule has 19 heavy (non-hydrogen) atoms. The van der Waals surface area contributed by atoms with Gasteiger partial charge in [0, 0.05) is 24.5 Å². The molecule has 1 aromatic rings. The molecular weight excluding hydrogens is 244 g/mol. The maximum Gasteiger partial charge on any atom is 0.231 e. The van der Waals surface area contributed by atoms with Crippen molar-refractivity contribution in [1.29, 1.82) is 0 Å². The van der Waals surface area contributed by atoms with E-state index in [0.717, 1.165) is 18.0 Å². The number of ether oxygens (including phenoxy) is 2. The standard InChI is InChI=1S/C14H22N2O3/c1-14(2,8-16-6-11(15)7-17)10-3-4-12-13(5-10)19-9-18-12/h3-5,11,16-17H,6-9,15H2,1-2H3. The molecule has 1 unspecified atom stereocenters. The summed E-state index contributed by atoms with van der Waals surface area (Å²) in [5, 5.41) is 12.2. The van der Waals surface area contributed by atoms with Crippen molar-refractivity contribution in [1.82, 2.24) is 5.32 Å². The molecule has 0 aromatic heterocycles. The molecule has 0 saturated heterocycles. The number of hydrogen-bond donors (Lipinski definition) is 3. The summed E-state index contributed by atoms with van der Waals surface area (Å²) in [7, 11) is 0. The van der Waals surface area contributed by atoms with Crippen molar-refractivity contribution >= 4 is 0 Å². The van der Waals surface area contributed by atoms with Crippen molar-refractivity contribution in [2.24, 2.45) is 5.73 Å². The zero-order valence-corrected chi connectivity index (χ0v) is 11.5. The summed E-state index contributed by atoms with van der Waals surface area (Å²) in [4.78, 5) is 0. The lowest BCUT2D eigenvalue weighted by Gasteiger charge is -2.26. The van der Waals surface area contributed by atoms with Gasteiger partial charge in [-0.25, -0.2) is 0 Å². The maximum atomic E-state index is 8.89. The normalized spacial score (nSPS) is 15.6. The van der Waals surface area contributed by atoms with E-state index in [1.807, 2.05) is 12.1 Å². The summed E-state index contributed by atoms with van der Waals surface area (Å²) < 4.78 is 10.7. The Labute approximate surface area is 113 Å². The van der Waals surface area contributed by atoms with Gasteiger partial charge >= 0.3 is 0 Å². The van der Waals surface area contributed by atoms with Gasteiger partial charge in [-0.05, 0) is 17.7 Å². The Kier molecular flexibility index (Phi) is 4.29. The van der Waals surface area contributed by atoms with Crippen LogP contribution in [0.25, 0.3) is 0 Å². The summed E-state index contributed by atoms with van der Waals surface area (Å²) >= 11 is 0. The molecule has 2 rings (SSSR count). The highest BCUT2D eigenvalue weighted by Gasteiger charge is 2.23. The van der Waals surface area contributed by atoms with Crippen LogP contribution in [0, 0.1) is 0 Å². The molecule has 1 aromatic carbocycles. The number of fused-ring (bicyclic) bond motifs is 1. The van der Waals surface area contributed by atoms with Crippen molar-refractivity contribution in [3.8, 4) is 11.5 Å². The summed E-state index contributed by atoms with van der Waals surface area (Å²) in [6.45, 7) is 5.98. The fourth-order valence-electron chi connectivity index (χ4n) is 2.05. The highest BCUT2D eigenvalue weighted by Crippen LogP contribution is 2.36. The predicted molar refractivity (Wildman–Crippen MR) is 73.5 cm³/mol. The zero-order chi connectivity index (χ0) is 13.9. The van der Waals surface area contributed by atoms with E-state index >= 15 is 0 Å². The summed E-state index contributed by atoms with van der Waals surface area (Å²) in [5.41, 5.74) is 6.80. The van der Waals surface area contributed by atoms with E-state index in [9.17, 15) is 0 Å². The van der Waals surface area contributed by atoms with E-state index in [0.29, 0.717) is 13.3 Å². The largest absolute Gasteiger partial charge is 0.454 e. The quantitative estimate of drug-likeness (QED) is 0.703. The number of aliphatic hydroxyl groups is 1. The first-order valence-electron chi connectivity index (χ1n) is 6.50. The first kappa shape index (κ1) is 14.1. The Morgan fingerprint density at radius 3 is 2.84 bits per heavy atom. The molecule has 4 N–H and O–H groups in total. The van der Waals surface area contributed by atoms with Gasteiger partial charge in [-0.3, -0.25) is 0 Å². The van der Waals surface area contributed by atoms with Crippen LogP contribution in [0.5, 0.6) is 11.5 Å². The molecule has 1 atom stereocenters. The average Bonchev–Trinajstić information content (AvgIpc) is 2.85. The molecule has 0 spiro atoms. The number of nitrogens with two attached hydrogens (primary N) is 1. The Bertz CT molecular complexity index is 435.